The van der Waals surface area contributed by atoms with Gasteiger partial charge in [0.1, 0.15) is 11.5 Å². The number of hydrogen-bond acceptors (Lipinski definition) is 5. The SMILES string of the molecule is CCC(=O)Oc1ccc(OCCCC2CCN(c3ccncc3)CC2)cc1. The molecule has 0 saturated carbocycles. The van der Waals surface area contributed by atoms with Crippen LogP contribution in [0.15, 0.2) is 48.8 Å². The minimum absolute atomic E-state index is 0.223. The molecule has 2 heterocycles. The number of ether oxygens (including phenoxy) is 2. The second-order valence-electron chi connectivity index (χ2n) is 6.93. The van der Waals surface area contributed by atoms with E-state index < -0.39 is 0 Å². The molecule has 144 valence electrons. The zero-order valence-corrected chi connectivity index (χ0v) is 16.0. The fourth-order valence-electron chi connectivity index (χ4n) is 3.40. The topological polar surface area (TPSA) is 51.7 Å². The minimum Gasteiger partial charge on any atom is -0.494 e. The van der Waals surface area contributed by atoms with Crippen molar-refractivity contribution in [3.8, 4) is 11.5 Å². The first-order valence-electron chi connectivity index (χ1n) is 9.83. The van der Waals surface area contributed by atoms with E-state index in [1.807, 2.05) is 24.5 Å². The lowest BCUT2D eigenvalue weighted by molar-refractivity contribution is -0.134. The van der Waals surface area contributed by atoms with E-state index in [1.54, 1.807) is 19.1 Å². The van der Waals surface area contributed by atoms with Crippen LogP contribution >= 0.6 is 0 Å². The smallest absolute Gasteiger partial charge is 0.310 e. The molecule has 0 radical (unpaired) electrons. The summed E-state index contributed by atoms with van der Waals surface area (Å²) < 4.78 is 11.0. The molecule has 1 aliphatic heterocycles. The minimum atomic E-state index is -0.223. The number of pyridine rings is 1. The van der Waals surface area contributed by atoms with Crippen LogP contribution in [0, 0.1) is 5.92 Å². The van der Waals surface area contributed by atoms with E-state index in [4.69, 9.17) is 9.47 Å². The number of rotatable bonds is 8. The van der Waals surface area contributed by atoms with Gasteiger partial charge < -0.3 is 14.4 Å². The normalized spacial score (nSPS) is 14.8. The number of aromatic nitrogens is 1. The Morgan fingerprint density at radius 3 is 2.41 bits per heavy atom. The van der Waals surface area contributed by atoms with E-state index in [1.165, 1.54) is 24.9 Å². The van der Waals surface area contributed by atoms with Crippen LogP contribution in [-0.2, 0) is 4.79 Å². The number of esters is 1. The number of carbonyl (C=O) groups excluding carboxylic acids is 1. The molecule has 0 N–H and O–H groups in total. The van der Waals surface area contributed by atoms with Crippen LogP contribution in [0.3, 0.4) is 0 Å². The van der Waals surface area contributed by atoms with Gasteiger partial charge in [0, 0.05) is 37.6 Å². The second kappa shape index (κ2) is 9.95. The Balaban J connectivity index is 1.32. The zero-order chi connectivity index (χ0) is 18.9. The summed E-state index contributed by atoms with van der Waals surface area (Å²) in [5, 5.41) is 0. The highest BCUT2D eigenvalue weighted by atomic mass is 16.5. The molecule has 1 aromatic heterocycles. The van der Waals surface area contributed by atoms with Gasteiger partial charge in [-0.25, -0.2) is 0 Å². The number of nitrogens with zero attached hydrogens (tertiary/aromatic N) is 2. The fourth-order valence-corrected chi connectivity index (χ4v) is 3.40. The summed E-state index contributed by atoms with van der Waals surface area (Å²) >= 11 is 0. The van der Waals surface area contributed by atoms with E-state index in [0.717, 1.165) is 37.8 Å². The molecule has 2 aromatic rings. The summed E-state index contributed by atoms with van der Waals surface area (Å²) in [6, 6.07) is 11.4. The highest BCUT2D eigenvalue weighted by molar-refractivity contribution is 5.71. The van der Waals surface area contributed by atoms with Crippen molar-refractivity contribution in [1.29, 1.82) is 0 Å². The summed E-state index contributed by atoms with van der Waals surface area (Å²) in [6.45, 7) is 4.74. The molecule has 27 heavy (non-hydrogen) atoms. The van der Waals surface area contributed by atoms with E-state index in [0.29, 0.717) is 12.2 Å². The zero-order valence-electron chi connectivity index (χ0n) is 16.0. The average molecular weight is 368 g/mol. The van der Waals surface area contributed by atoms with E-state index in [2.05, 4.69) is 22.0 Å². The quantitative estimate of drug-likeness (QED) is 0.391. The van der Waals surface area contributed by atoms with Crippen molar-refractivity contribution in [2.24, 2.45) is 5.92 Å². The Morgan fingerprint density at radius 2 is 1.74 bits per heavy atom. The van der Waals surface area contributed by atoms with Crippen molar-refractivity contribution < 1.29 is 14.3 Å². The molecule has 0 amide bonds. The molecule has 3 rings (SSSR count). The number of hydrogen-bond donors (Lipinski definition) is 0. The van der Waals surface area contributed by atoms with Gasteiger partial charge in [-0.05, 0) is 68.0 Å². The predicted octanol–water partition coefficient (Wildman–Crippen LogP) is 4.47. The van der Waals surface area contributed by atoms with Crippen LogP contribution in [0.4, 0.5) is 5.69 Å². The van der Waals surface area contributed by atoms with Gasteiger partial charge in [-0.3, -0.25) is 9.78 Å². The van der Waals surface area contributed by atoms with Crippen LogP contribution < -0.4 is 14.4 Å². The Kier molecular flexibility index (Phi) is 7.08. The second-order valence-corrected chi connectivity index (χ2v) is 6.93. The monoisotopic (exact) mass is 368 g/mol. The maximum absolute atomic E-state index is 11.3. The third-order valence-electron chi connectivity index (χ3n) is 5.01. The van der Waals surface area contributed by atoms with Gasteiger partial charge in [0.2, 0.25) is 0 Å². The van der Waals surface area contributed by atoms with Crippen LogP contribution in [0.25, 0.3) is 0 Å². The Bertz CT molecular complexity index is 695. The first-order valence-corrected chi connectivity index (χ1v) is 9.83. The summed E-state index contributed by atoms with van der Waals surface area (Å²) in [7, 11) is 0. The molecule has 1 fully saturated rings. The molecule has 0 bridgehead atoms. The highest BCUT2D eigenvalue weighted by Crippen LogP contribution is 2.26. The molecule has 0 unspecified atom stereocenters. The van der Waals surface area contributed by atoms with E-state index in [-0.39, 0.29) is 5.97 Å². The molecule has 0 spiro atoms. The molecule has 1 saturated heterocycles. The van der Waals surface area contributed by atoms with Gasteiger partial charge in [0.05, 0.1) is 6.61 Å². The van der Waals surface area contributed by atoms with Crippen LogP contribution in [0.2, 0.25) is 0 Å². The number of anilines is 1. The predicted molar refractivity (Wildman–Crippen MR) is 106 cm³/mol. The van der Waals surface area contributed by atoms with Gasteiger partial charge in [-0.1, -0.05) is 6.92 Å². The van der Waals surface area contributed by atoms with Crippen molar-refractivity contribution in [3.63, 3.8) is 0 Å². The molecule has 0 atom stereocenters. The largest absolute Gasteiger partial charge is 0.494 e. The van der Waals surface area contributed by atoms with Gasteiger partial charge in [0.15, 0.2) is 0 Å². The third kappa shape index (κ3) is 5.98. The number of carbonyl (C=O) groups is 1. The van der Waals surface area contributed by atoms with Gasteiger partial charge in [-0.15, -0.1) is 0 Å². The molecule has 1 aromatic carbocycles. The maximum atomic E-state index is 11.3. The molecular formula is C22H28N2O3. The lowest BCUT2D eigenvalue weighted by atomic mass is 9.92. The number of benzene rings is 1. The lowest BCUT2D eigenvalue weighted by Crippen LogP contribution is -2.33. The first kappa shape index (κ1) is 19.2. The van der Waals surface area contributed by atoms with Crippen molar-refractivity contribution in [2.75, 3.05) is 24.6 Å². The van der Waals surface area contributed by atoms with Crippen molar-refractivity contribution >= 4 is 11.7 Å². The highest BCUT2D eigenvalue weighted by Gasteiger charge is 2.19. The van der Waals surface area contributed by atoms with Crippen molar-refractivity contribution in [2.45, 2.75) is 39.0 Å². The van der Waals surface area contributed by atoms with Crippen LogP contribution in [-0.4, -0.2) is 30.6 Å². The van der Waals surface area contributed by atoms with Crippen LogP contribution in [0.1, 0.15) is 39.0 Å². The average Bonchev–Trinajstić information content (AvgIpc) is 2.73. The standard InChI is InChI=1S/C22H28N2O3/c1-2-22(25)27-21-7-5-20(6-8-21)26-17-3-4-18-11-15-24(16-12-18)19-9-13-23-14-10-19/h5-10,13-14,18H,2-4,11-12,15-17H2,1H3. The van der Waals surface area contributed by atoms with Gasteiger partial charge >= 0.3 is 5.97 Å². The summed E-state index contributed by atoms with van der Waals surface area (Å²) in [4.78, 5) is 17.8. The summed E-state index contributed by atoms with van der Waals surface area (Å²) in [5.74, 6) is 1.94. The first-order chi connectivity index (χ1) is 13.2. The van der Waals surface area contributed by atoms with Crippen molar-refractivity contribution in [1.82, 2.24) is 4.98 Å². The lowest BCUT2D eigenvalue weighted by Gasteiger charge is -2.33. The number of piperidine rings is 1. The fraction of sp³-hybridized carbons (Fsp3) is 0.455. The molecule has 1 aliphatic rings. The van der Waals surface area contributed by atoms with Crippen LogP contribution in [0.5, 0.6) is 11.5 Å². The Hall–Kier alpha value is -2.56. The molecule has 5 nitrogen and oxygen atoms in total. The molecule has 5 heteroatoms. The summed E-state index contributed by atoms with van der Waals surface area (Å²) in [5.41, 5.74) is 1.28. The third-order valence-corrected chi connectivity index (χ3v) is 5.01. The van der Waals surface area contributed by atoms with Gasteiger partial charge in [0.25, 0.3) is 0 Å². The Morgan fingerprint density at radius 1 is 1.07 bits per heavy atom. The maximum Gasteiger partial charge on any atom is 0.310 e. The molecule has 0 aliphatic carbocycles. The van der Waals surface area contributed by atoms with E-state index in [9.17, 15) is 4.79 Å². The van der Waals surface area contributed by atoms with E-state index >= 15 is 0 Å². The Labute approximate surface area is 161 Å². The van der Waals surface area contributed by atoms with Crippen molar-refractivity contribution in [3.05, 3.63) is 48.8 Å². The van der Waals surface area contributed by atoms with Gasteiger partial charge in [-0.2, -0.15) is 0 Å². The summed E-state index contributed by atoms with van der Waals surface area (Å²) in [6.07, 6.45) is 8.83. The molecular weight excluding hydrogens is 340 g/mol.